The summed E-state index contributed by atoms with van der Waals surface area (Å²) in [5, 5.41) is 11.3. The van der Waals surface area contributed by atoms with Gasteiger partial charge in [0, 0.05) is 26.3 Å². The first-order valence-corrected chi connectivity index (χ1v) is 5.90. The molecule has 5 heteroatoms. The normalized spacial score (nSPS) is 10.2. The van der Waals surface area contributed by atoms with Crippen molar-refractivity contribution in [3.8, 4) is 0 Å². The molecule has 0 unspecified atom stereocenters. The Hall–Kier alpha value is -1.59. The van der Waals surface area contributed by atoms with E-state index in [1.54, 1.807) is 6.07 Å². The Bertz CT molecular complexity index is 380. The molecule has 0 radical (unpaired) electrons. The van der Waals surface area contributed by atoms with Crippen LogP contribution in [0.4, 0.5) is 5.69 Å². The SMILES string of the molecule is CN(C)c1ccccc1C(=O)NCCOCCO. The second-order valence-corrected chi connectivity index (χ2v) is 4.00. The van der Waals surface area contributed by atoms with Gasteiger partial charge in [0.1, 0.15) is 0 Å². The molecule has 0 fully saturated rings. The number of amides is 1. The Kier molecular flexibility index (Phi) is 6.18. The molecule has 1 aromatic carbocycles. The fraction of sp³-hybridized carbons (Fsp3) is 0.462. The van der Waals surface area contributed by atoms with Crippen molar-refractivity contribution in [1.82, 2.24) is 5.32 Å². The van der Waals surface area contributed by atoms with Crippen LogP contribution < -0.4 is 10.2 Å². The number of rotatable bonds is 7. The Morgan fingerprint density at radius 2 is 2.06 bits per heavy atom. The molecular weight excluding hydrogens is 232 g/mol. The number of aliphatic hydroxyl groups excluding tert-OH is 1. The van der Waals surface area contributed by atoms with E-state index in [1.807, 2.05) is 37.2 Å². The number of hydrogen-bond donors (Lipinski definition) is 2. The maximum absolute atomic E-state index is 12.0. The molecule has 0 heterocycles. The Morgan fingerprint density at radius 3 is 2.72 bits per heavy atom. The van der Waals surface area contributed by atoms with Crippen LogP contribution in [0, 0.1) is 0 Å². The molecule has 0 aliphatic rings. The van der Waals surface area contributed by atoms with Crippen molar-refractivity contribution in [3.63, 3.8) is 0 Å². The monoisotopic (exact) mass is 252 g/mol. The van der Waals surface area contributed by atoms with E-state index < -0.39 is 0 Å². The summed E-state index contributed by atoms with van der Waals surface area (Å²) >= 11 is 0. The third kappa shape index (κ3) is 4.35. The van der Waals surface area contributed by atoms with Gasteiger partial charge in [-0.1, -0.05) is 12.1 Å². The van der Waals surface area contributed by atoms with E-state index >= 15 is 0 Å². The van der Waals surface area contributed by atoms with E-state index in [9.17, 15) is 4.79 Å². The van der Waals surface area contributed by atoms with Crippen LogP contribution in [0.3, 0.4) is 0 Å². The highest BCUT2D eigenvalue weighted by molar-refractivity contribution is 5.99. The van der Waals surface area contributed by atoms with Gasteiger partial charge in [-0.2, -0.15) is 0 Å². The zero-order valence-corrected chi connectivity index (χ0v) is 10.8. The van der Waals surface area contributed by atoms with Gasteiger partial charge in [-0.15, -0.1) is 0 Å². The Labute approximate surface area is 107 Å². The summed E-state index contributed by atoms with van der Waals surface area (Å²) in [5.41, 5.74) is 1.52. The number of ether oxygens (including phenoxy) is 1. The van der Waals surface area contributed by atoms with Crippen molar-refractivity contribution in [1.29, 1.82) is 0 Å². The minimum absolute atomic E-state index is 0.00257. The van der Waals surface area contributed by atoms with Gasteiger partial charge < -0.3 is 20.1 Å². The molecular formula is C13H20N2O3. The van der Waals surface area contributed by atoms with E-state index in [4.69, 9.17) is 9.84 Å². The molecule has 1 amide bonds. The second kappa shape index (κ2) is 7.68. The minimum atomic E-state index is -0.119. The zero-order chi connectivity index (χ0) is 13.4. The number of nitrogens with zero attached hydrogens (tertiary/aromatic N) is 1. The summed E-state index contributed by atoms with van der Waals surface area (Å²) in [6.45, 7) is 1.12. The predicted molar refractivity (Wildman–Crippen MR) is 71.0 cm³/mol. The third-order valence-corrected chi connectivity index (χ3v) is 2.40. The number of hydrogen-bond acceptors (Lipinski definition) is 4. The van der Waals surface area contributed by atoms with Crippen molar-refractivity contribution in [2.75, 3.05) is 45.4 Å². The molecule has 2 N–H and O–H groups in total. The molecule has 1 rings (SSSR count). The molecule has 100 valence electrons. The standard InChI is InChI=1S/C13H20N2O3/c1-15(2)12-6-4-3-5-11(12)13(17)14-7-9-18-10-8-16/h3-6,16H,7-10H2,1-2H3,(H,14,17). The van der Waals surface area contributed by atoms with Crippen molar-refractivity contribution >= 4 is 11.6 Å². The van der Waals surface area contributed by atoms with Gasteiger partial charge in [0.25, 0.3) is 5.91 Å². The highest BCUT2D eigenvalue weighted by Gasteiger charge is 2.11. The van der Waals surface area contributed by atoms with Gasteiger partial charge in [-0.25, -0.2) is 0 Å². The average molecular weight is 252 g/mol. The van der Waals surface area contributed by atoms with Crippen LogP contribution in [0.25, 0.3) is 0 Å². The van der Waals surface area contributed by atoms with Crippen molar-refractivity contribution < 1.29 is 14.6 Å². The molecule has 0 aromatic heterocycles. The molecule has 5 nitrogen and oxygen atoms in total. The molecule has 0 aliphatic carbocycles. The van der Waals surface area contributed by atoms with E-state index in [1.165, 1.54) is 0 Å². The highest BCUT2D eigenvalue weighted by atomic mass is 16.5. The molecule has 18 heavy (non-hydrogen) atoms. The second-order valence-electron chi connectivity index (χ2n) is 4.00. The van der Waals surface area contributed by atoms with Crippen LogP contribution in [0.15, 0.2) is 24.3 Å². The molecule has 0 aliphatic heterocycles. The Balaban J connectivity index is 2.51. The van der Waals surface area contributed by atoms with Crippen LogP contribution in [-0.2, 0) is 4.74 Å². The summed E-state index contributed by atoms with van der Waals surface area (Å²) in [4.78, 5) is 13.9. The van der Waals surface area contributed by atoms with Gasteiger partial charge in [-0.05, 0) is 12.1 Å². The molecule has 1 aromatic rings. The first kappa shape index (κ1) is 14.5. The van der Waals surface area contributed by atoms with Crippen LogP contribution in [0.2, 0.25) is 0 Å². The number of anilines is 1. The van der Waals surface area contributed by atoms with Crippen molar-refractivity contribution in [2.24, 2.45) is 0 Å². The van der Waals surface area contributed by atoms with Gasteiger partial charge >= 0.3 is 0 Å². The van der Waals surface area contributed by atoms with E-state index in [-0.39, 0.29) is 12.5 Å². The maximum Gasteiger partial charge on any atom is 0.253 e. The summed E-state index contributed by atoms with van der Waals surface area (Å²) in [7, 11) is 3.80. The summed E-state index contributed by atoms with van der Waals surface area (Å²) in [6.07, 6.45) is 0. The number of benzene rings is 1. The first-order chi connectivity index (χ1) is 8.66. The molecule has 0 atom stereocenters. The molecule has 0 saturated heterocycles. The van der Waals surface area contributed by atoms with E-state index in [0.29, 0.717) is 25.3 Å². The molecule has 0 bridgehead atoms. The fourth-order valence-corrected chi connectivity index (χ4v) is 1.55. The summed E-state index contributed by atoms with van der Waals surface area (Å²) < 4.78 is 5.07. The number of nitrogens with one attached hydrogen (secondary N) is 1. The number of carbonyl (C=O) groups excluding carboxylic acids is 1. The fourth-order valence-electron chi connectivity index (χ4n) is 1.55. The quantitative estimate of drug-likeness (QED) is 0.693. The van der Waals surface area contributed by atoms with Crippen LogP contribution >= 0.6 is 0 Å². The van der Waals surface area contributed by atoms with Crippen molar-refractivity contribution in [2.45, 2.75) is 0 Å². The molecule has 0 spiro atoms. The van der Waals surface area contributed by atoms with Crippen LogP contribution in [0.1, 0.15) is 10.4 Å². The number of carbonyl (C=O) groups is 1. The Morgan fingerprint density at radius 1 is 1.33 bits per heavy atom. The van der Waals surface area contributed by atoms with E-state index in [2.05, 4.69) is 5.32 Å². The highest BCUT2D eigenvalue weighted by Crippen LogP contribution is 2.17. The maximum atomic E-state index is 12.0. The van der Waals surface area contributed by atoms with Gasteiger partial charge in [-0.3, -0.25) is 4.79 Å². The van der Waals surface area contributed by atoms with E-state index in [0.717, 1.165) is 5.69 Å². The van der Waals surface area contributed by atoms with Crippen LogP contribution in [0.5, 0.6) is 0 Å². The lowest BCUT2D eigenvalue weighted by Gasteiger charge is -2.16. The lowest BCUT2D eigenvalue weighted by atomic mass is 10.1. The van der Waals surface area contributed by atoms with Gasteiger partial charge in [0.05, 0.1) is 25.4 Å². The average Bonchev–Trinajstić information content (AvgIpc) is 2.38. The van der Waals surface area contributed by atoms with Crippen LogP contribution in [-0.4, -0.2) is 51.5 Å². The third-order valence-electron chi connectivity index (χ3n) is 2.40. The predicted octanol–water partition coefficient (Wildman–Crippen LogP) is 0.491. The number of aliphatic hydroxyl groups is 1. The molecule has 0 saturated carbocycles. The number of para-hydroxylation sites is 1. The lowest BCUT2D eigenvalue weighted by Crippen LogP contribution is -2.29. The van der Waals surface area contributed by atoms with Crippen molar-refractivity contribution in [3.05, 3.63) is 29.8 Å². The first-order valence-electron chi connectivity index (χ1n) is 5.90. The minimum Gasteiger partial charge on any atom is -0.394 e. The smallest absolute Gasteiger partial charge is 0.253 e. The summed E-state index contributed by atoms with van der Waals surface area (Å²) in [6, 6.07) is 7.43. The topological polar surface area (TPSA) is 61.8 Å². The zero-order valence-electron chi connectivity index (χ0n) is 10.8. The largest absolute Gasteiger partial charge is 0.394 e. The lowest BCUT2D eigenvalue weighted by molar-refractivity contribution is 0.0838. The summed E-state index contributed by atoms with van der Waals surface area (Å²) in [5.74, 6) is -0.119. The van der Waals surface area contributed by atoms with Gasteiger partial charge in [0.15, 0.2) is 0 Å². The van der Waals surface area contributed by atoms with Gasteiger partial charge in [0.2, 0.25) is 0 Å².